The third kappa shape index (κ3) is 2.61. The molecule has 100 valence electrons. The summed E-state index contributed by atoms with van der Waals surface area (Å²) in [6.07, 6.45) is 3.96. The summed E-state index contributed by atoms with van der Waals surface area (Å²) in [6.45, 7) is 2.80. The lowest BCUT2D eigenvalue weighted by Crippen LogP contribution is -2.00. The number of halogens is 1. The molecule has 0 aliphatic heterocycles. The largest absolute Gasteiger partial charge is 0.268 e. The summed E-state index contributed by atoms with van der Waals surface area (Å²) in [5.41, 5.74) is 4.69. The Labute approximate surface area is 123 Å². The average Bonchev–Trinajstić information content (AvgIpc) is 2.90. The highest BCUT2D eigenvalue weighted by atomic mass is 35.5. The molecule has 0 aliphatic rings. The number of rotatable bonds is 3. The Balaban J connectivity index is 1.88. The van der Waals surface area contributed by atoms with Crippen LogP contribution in [-0.2, 0) is 6.54 Å². The molecule has 0 saturated heterocycles. The summed E-state index contributed by atoms with van der Waals surface area (Å²) in [4.78, 5) is 0. The second-order valence-corrected chi connectivity index (χ2v) is 5.24. The fraction of sp³-hybridized carbons (Fsp3) is 0.118. The van der Waals surface area contributed by atoms with Gasteiger partial charge in [0.2, 0.25) is 0 Å². The van der Waals surface area contributed by atoms with Gasteiger partial charge in [-0.3, -0.25) is 4.68 Å². The molecule has 0 radical (unpaired) electrons. The quantitative estimate of drug-likeness (QED) is 0.688. The van der Waals surface area contributed by atoms with E-state index in [4.69, 9.17) is 11.6 Å². The average molecular weight is 283 g/mol. The number of hydrogen-bond donors (Lipinski definition) is 0. The third-order valence-electron chi connectivity index (χ3n) is 3.38. The van der Waals surface area contributed by atoms with Crippen molar-refractivity contribution in [3.63, 3.8) is 0 Å². The van der Waals surface area contributed by atoms with E-state index in [2.05, 4.69) is 30.4 Å². The van der Waals surface area contributed by atoms with Crippen LogP contribution in [0.1, 0.15) is 11.1 Å². The van der Waals surface area contributed by atoms with Crippen molar-refractivity contribution in [1.29, 1.82) is 0 Å². The van der Waals surface area contributed by atoms with Crippen LogP contribution in [0.5, 0.6) is 0 Å². The van der Waals surface area contributed by atoms with Crippen LogP contribution in [0.25, 0.3) is 11.1 Å². The summed E-state index contributed by atoms with van der Waals surface area (Å²) in [5.74, 6) is 0. The molecule has 0 saturated carbocycles. The van der Waals surface area contributed by atoms with Crippen molar-refractivity contribution in [3.05, 3.63) is 77.1 Å². The van der Waals surface area contributed by atoms with E-state index in [0.29, 0.717) is 6.54 Å². The molecular formula is C17H15ClN2. The maximum Gasteiger partial charge on any atom is 0.0674 e. The van der Waals surface area contributed by atoms with Gasteiger partial charge in [-0.2, -0.15) is 5.10 Å². The highest BCUT2D eigenvalue weighted by Gasteiger charge is 2.06. The molecule has 3 rings (SSSR count). The van der Waals surface area contributed by atoms with E-state index >= 15 is 0 Å². The zero-order valence-corrected chi connectivity index (χ0v) is 12.0. The first-order chi connectivity index (χ1) is 9.74. The van der Waals surface area contributed by atoms with Crippen molar-refractivity contribution < 1.29 is 0 Å². The monoisotopic (exact) mass is 282 g/mol. The molecule has 0 atom stereocenters. The molecule has 1 aromatic heterocycles. The van der Waals surface area contributed by atoms with E-state index in [1.165, 1.54) is 11.1 Å². The van der Waals surface area contributed by atoms with Crippen LogP contribution in [0.2, 0.25) is 5.02 Å². The molecule has 0 aliphatic carbocycles. The molecule has 0 N–H and O–H groups in total. The molecular weight excluding hydrogens is 268 g/mol. The first kappa shape index (κ1) is 12.9. The summed E-state index contributed by atoms with van der Waals surface area (Å²) in [5, 5.41) is 5.21. The smallest absolute Gasteiger partial charge is 0.0674 e. The minimum Gasteiger partial charge on any atom is -0.268 e. The lowest BCUT2D eigenvalue weighted by atomic mass is 10.0. The highest BCUT2D eigenvalue weighted by molar-refractivity contribution is 6.31. The Hall–Kier alpha value is -2.06. The van der Waals surface area contributed by atoms with Crippen LogP contribution < -0.4 is 0 Å². The van der Waals surface area contributed by atoms with Gasteiger partial charge in [-0.05, 0) is 29.7 Å². The van der Waals surface area contributed by atoms with E-state index in [0.717, 1.165) is 16.1 Å². The molecule has 0 fully saturated rings. The Morgan fingerprint density at radius 1 is 1.05 bits per heavy atom. The van der Waals surface area contributed by atoms with Gasteiger partial charge in [0.15, 0.2) is 0 Å². The van der Waals surface area contributed by atoms with Gasteiger partial charge in [0, 0.05) is 16.8 Å². The SMILES string of the molecule is Cc1ccccc1-c1cnn(Cc2ccccc2Cl)c1. The molecule has 20 heavy (non-hydrogen) atoms. The van der Waals surface area contributed by atoms with Gasteiger partial charge in [-0.1, -0.05) is 54.1 Å². The highest BCUT2D eigenvalue weighted by Crippen LogP contribution is 2.23. The number of benzene rings is 2. The van der Waals surface area contributed by atoms with E-state index in [1.54, 1.807) is 0 Å². The van der Waals surface area contributed by atoms with Crippen LogP contribution in [0, 0.1) is 6.92 Å². The molecule has 0 amide bonds. The number of nitrogens with zero attached hydrogens (tertiary/aromatic N) is 2. The second-order valence-electron chi connectivity index (χ2n) is 4.83. The van der Waals surface area contributed by atoms with Gasteiger partial charge in [-0.15, -0.1) is 0 Å². The Morgan fingerprint density at radius 2 is 1.80 bits per heavy atom. The number of aryl methyl sites for hydroxylation is 1. The van der Waals surface area contributed by atoms with Crippen molar-refractivity contribution in [1.82, 2.24) is 9.78 Å². The van der Waals surface area contributed by atoms with Crippen molar-refractivity contribution in [2.75, 3.05) is 0 Å². The lowest BCUT2D eigenvalue weighted by Gasteiger charge is -2.04. The molecule has 3 aromatic rings. The Kier molecular flexibility index (Phi) is 3.57. The van der Waals surface area contributed by atoms with Gasteiger partial charge in [0.05, 0.1) is 12.7 Å². The number of aromatic nitrogens is 2. The van der Waals surface area contributed by atoms with Crippen molar-refractivity contribution in [3.8, 4) is 11.1 Å². The summed E-state index contributed by atoms with van der Waals surface area (Å²) >= 11 is 6.18. The minimum absolute atomic E-state index is 0.686. The van der Waals surface area contributed by atoms with Crippen LogP contribution in [-0.4, -0.2) is 9.78 Å². The fourth-order valence-corrected chi connectivity index (χ4v) is 2.48. The van der Waals surface area contributed by atoms with Crippen molar-refractivity contribution >= 4 is 11.6 Å². The van der Waals surface area contributed by atoms with Crippen molar-refractivity contribution in [2.45, 2.75) is 13.5 Å². The van der Waals surface area contributed by atoms with Crippen LogP contribution in [0.3, 0.4) is 0 Å². The third-order valence-corrected chi connectivity index (χ3v) is 3.75. The standard InChI is InChI=1S/C17H15ClN2/c1-13-6-2-4-8-16(13)15-10-19-20(12-15)11-14-7-3-5-9-17(14)18/h2-10,12H,11H2,1H3. The zero-order chi connectivity index (χ0) is 13.9. The van der Waals surface area contributed by atoms with Crippen LogP contribution in [0.15, 0.2) is 60.9 Å². The summed E-state index contributed by atoms with van der Waals surface area (Å²) < 4.78 is 1.92. The lowest BCUT2D eigenvalue weighted by molar-refractivity contribution is 0.687. The molecule has 2 aromatic carbocycles. The fourth-order valence-electron chi connectivity index (χ4n) is 2.29. The predicted octanol–water partition coefficient (Wildman–Crippen LogP) is 4.56. The molecule has 3 heteroatoms. The second kappa shape index (κ2) is 5.51. The molecule has 2 nitrogen and oxygen atoms in total. The zero-order valence-electron chi connectivity index (χ0n) is 11.3. The van der Waals surface area contributed by atoms with E-state index in [9.17, 15) is 0 Å². The van der Waals surface area contributed by atoms with Gasteiger partial charge >= 0.3 is 0 Å². The summed E-state index contributed by atoms with van der Waals surface area (Å²) in [6, 6.07) is 16.2. The minimum atomic E-state index is 0.686. The molecule has 0 unspecified atom stereocenters. The van der Waals surface area contributed by atoms with Gasteiger partial charge in [-0.25, -0.2) is 0 Å². The predicted molar refractivity (Wildman–Crippen MR) is 83.0 cm³/mol. The van der Waals surface area contributed by atoms with Gasteiger partial charge in [0.25, 0.3) is 0 Å². The van der Waals surface area contributed by atoms with Gasteiger partial charge < -0.3 is 0 Å². The first-order valence-electron chi connectivity index (χ1n) is 6.56. The molecule has 1 heterocycles. The number of hydrogen-bond acceptors (Lipinski definition) is 1. The van der Waals surface area contributed by atoms with E-state index in [-0.39, 0.29) is 0 Å². The maximum absolute atomic E-state index is 6.18. The van der Waals surface area contributed by atoms with Crippen LogP contribution in [0.4, 0.5) is 0 Å². The normalized spacial score (nSPS) is 10.7. The van der Waals surface area contributed by atoms with E-state index < -0.39 is 0 Å². The van der Waals surface area contributed by atoms with Crippen molar-refractivity contribution in [2.24, 2.45) is 0 Å². The topological polar surface area (TPSA) is 17.8 Å². The van der Waals surface area contributed by atoms with Gasteiger partial charge in [0.1, 0.15) is 0 Å². The molecule has 0 bridgehead atoms. The van der Waals surface area contributed by atoms with Crippen LogP contribution >= 0.6 is 11.6 Å². The summed E-state index contributed by atoms with van der Waals surface area (Å²) in [7, 11) is 0. The maximum atomic E-state index is 6.18. The Morgan fingerprint density at radius 3 is 2.60 bits per heavy atom. The first-order valence-corrected chi connectivity index (χ1v) is 6.94. The Bertz CT molecular complexity index is 731. The molecule has 0 spiro atoms. The van der Waals surface area contributed by atoms with E-state index in [1.807, 2.05) is 47.3 Å².